The largest absolute Gasteiger partial charge is 0.508 e. The van der Waals surface area contributed by atoms with E-state index in [-0.39, 0.29) is 11.8 Å². The quantitative estimate of drug-likeness (QED) is 0.556. The van der Waals surface area contributed by atoms with E-state index < -0.39 is 0 Å². The summed E-state index contributed by atoms with van der Waals surface area (Å²) in [6.07, 6.45) is 2.52. The number of phenols is 1. The second kappa shape index (κ2) is 8.60. The Morgan fingerprint density at radius 3 is 2.67 bits per heavy atom. The third-order valence-electron chi connectivity index (χ3n) is 5.90. The number of aromatic nitrogens is 1. The van der Waals surface area contributed by atoms with Crippen LogP contribution in [-0.4, -0.2) is 16.0 Å². The first-order chi connectivity index (χ1) is 14.4. The van der Waals surface area contributed by atoms with Gasteiger partial charge < -0.3 is 10.0 Å². The van der Waals surface area contributed by atoms with Crippen LogP contribution in [0.5, 0.6) is 5.75 Å². The van der Waals surface area contributed by atoms with E-state index in [9.17, 15) is 9.90 Å². The van der Waals surface area contributed by atoms with Crippen molar-refractivity contribution in [2.75, 3.05) is 4.90 Å². The summed E-state index contributed by atoms with van der Waals surface area (Å²) in [5.41, 5.74) is 4.93. The van der Waals surface area contributed by atoms with Crippen LogP contribution in [0.4, 0.5) is 5.69 Å². The van der Waals surface area contributed by atoms with Gasteiger partial charge in [0.2, 0.25) is 5.91 Å². The molecule has 1 heterocycles. The number of nitrogens with zero attached hydrogens (tertiary/aromatic N) is 2. The van der Waals surface area contributed by atoms with Crippen LogP contribution in [-0.2, 0) is 17.8 Å². The maximum absolute atomic E-state index is 13.8. The normalized spacial score (nSPS) is 15.8. The molecule has 1 amide bonds. The van der Waals surface area contributed by atoms with Crippen molar-refractivity contribution < 1.29 is 9.90 Å². The number of rotatable bonds is 5. The van der Waals surface area contributed by atoms with Crippen LogP contribution in [0.1, 0.15) is 65.9 Å². The number of benzene rings is 2. The number of phenolic OH excluding ortho intramolecular Hbond substituents is 1. The molecule has 156 valence electrons. The molecule has 1 atom stereocenters. The summed E-state index contributed by atoms with van der Waals surface area (Å²) in [6, 6.07) is 13.8. The highest BCUT2D eigenvalue weighted by molar-refractivity contribution is 7.09. The van der Waals surface area contributed by atoms with Crippen molar-refractivity contribution in [1.29, 1.82) is 0 Å². The van der Waals surface area contributed by atoms with Crippen molar-refractivity contribution in [3.8, 4) is 5.75 Å². The molecule has 1 N–H and O–H groups in total. The number of hydrogen-bond donors (Lipinski definition) is 1. The molecule has 0 fully saturated rings. The zero-order chi connectivity index (χ0) is 21.3. The van der Waals surface area contributed by atoms with Crippen molar-refractivity contribution in [2.45, 2.75) is 58.4 Å². The Kier molecular flexibility index (Phi) is 5.91. The third kappa shape index (κ3) is 4.12. The number of amides is 1. The highest BCUT2D eigenvalue weighted by Gasteiger charge is 2.32. The number of aryl methyl sites for hydroxylation is 1. The fourth-order valence-electron chi connectivity index (χ4n) is 4.25. The molecule has 2 aromatic carbocycles. The lowest BCUT2D eigenvalue weighted by Gasteiger charge is -2.31. The Bertz CT molecular complexity index is 1040. The van der Waals surface area contributed by atoms with Crippen LogP contribution in [0.3, 0.4) is 0 Å². The first-order valence-electron chi connectivity index (χ1n) is 10.6. The molecule has 1 aliphatic carbocycles. The molecule has 0 aliphatic heterocycles. The number of aromatic hydroxyl groups is 1. The molecule has 0 radical (unpaired) electrons. The van der Waals surface area contributed by atoms with Crippen LogP contribution >= 0.6 is 11.3 Å². The van der Waals surface area contributed by atoms with E-state index in [2.05, 4.69) is 31.0 Å². The second-order valence-corrected chi connectivity index (χ2v) is 9.38. The van der Waals surface area contributed by atoms with Crippen LogP contribution < -0.4 is 4.90 Å². The molecule has 5 heteroatoms. The van der Waals surface area contributed by atoms with Gasteiger partial charge in [-0.05, 0) is 67.0 Å². The fourth-order valence-corrected chi connectivity index (χ4v) is 4.86. The van der Waals surface area contributed by atoms with Gasteiger partial charge in [0.05, 0.1) is 23.2 Å². The SMILES string of the molecule is Cc1nc(CN(C(=O)C2CCCc3c(O)cccc32)c2ccc(C(C)C)cc2)cs1. The molecule has 4 rings (SSSR count). The maximum atomic E-state index is 13.8. The smallest absolute Gasteiger partial charge is 0.234 e. The molecule has 3 aromatic rings. The van der Waals surface area contributed by atoms with Gasteiger partial charge in [0.25, 0.3) is 0 Å². The van der Waals surface area contributed by atoms with E-state index in [4.69, 9.17) is 0 Å². The van der Waals surface area contributed by atoms with Crippen molar-refractivity contribution in [3.05, 3.63) is 75.2 Å². The van der Waals surface area contributed by atoms with Crippen LogP contribution in [0, 0.1) is 6.92 Å². The Hall–Kier alpha value is -2.66. The standard InChI is InChI=1S/C25H28N2O2S/c1-16(2)18-10-12-20(13-11-18)27(14-19-15-30-17(3)26-19)25(29)23-8-4-7-22-21(23)6-5-9-24(22)28/h5-6,9-13,15-16,23,28H,4,7-8,14H2,1-3H3. The minimum atomic E-state index is -0.245. The predicted molar refractivity (Wildman–Crippen MR) is 122 cm³/mol. The van der Waals surface area contributed by atoms with Crippen molar-refractivity contribution >= 4 is 22.9 Å². The van der Waals surface area contributed by atoms with Crippen LogP contribution in [0.2, 0.25) is 0 Å². The summed E-state index contributed by atoms with van der Waals surface area (Å²) in [6.45, 7) is 6.77. The third-order valence-corrected chi connectivity index (χ3v) is 6.73. The highest BCUT2D eigenvalue weighted by Crippen LogP contribution is 2.38. The zero-order valence-electron chi connectivity index (χ0n) is 17.8. The second-order valence-electron chi connectivity index (χ2n) is 8.32. The fraction of sp³-hybridized carbons (Fsp3) is 0.360. The summed E-state index contributed by atoms with van der Waals surface area (Å²) in [7, 11) is 0. The van der Waals surface area contributed by atoms with Crippen LogP contribution in [0.15, 0.2) is 47.8 Å². The molecule has 0 spiro atoms. The van der Waals surface area contributed by atoms with Crippen molar-refractivity contribution in [2.24, 2.45) is 0 Å². The first-order valence-corrected chi connectivity index (χ1v) is 11.4. The Labute approximate surface area is 182 Å². The number of anilines is 1. The van der Waals surface area contributed by atoms with E-state index in [1.807, 2.05) is 41.5 Å². The van der Waals surface area contributed by atoms with Gasteiger partial charge in [0.15, 0.2) is 0 Å². The van der Waals surface area contributed by atoms with Gasteiger partial charge in [-0.2, -0.15) is 0 Å². The predicted octanol–water partition coefficient (Wildman–Crippen LogP) is 5.93. The summed E-state index contributed by atoms with van der Waals surface area (Å²) < 4.78 is 0. The molecular formula is C25H28N2O2S. The minimum Gasteiger partial charge on any atom is -0.508 e. The topological polar surface area (TPSA) is 53.4 Å². The summed E-state index contributed by atoms with van der Waals surface area (Å²) in [5, 5.41) is 13.3. The highest BCUT2D eigenvalue weighted by atomic mass is 32.1. The Balaban J connectivity index is 1.70. The van der Waals surface area contributed by atoms with Gasteiger partial charge >= 0.3 is 0 Å². The maximum Gasteiger partial charge on any atom is 0.234 e. The van der Waals surface area contributed by atoms with Crippen molar-refractivity contribution in [1.82, 2.24) is 4.98 Å². The summed E-state index contributed by atoms with van der Waals surface area (Å²) >= 11 is 1.60. The zero-order valence-corrected chi connectivity index (χ0v) is 18.6. The monoisotopic (exact) mass is 420 g/mol. The summed E-state index contributed by atoms with van der Waals surface area (Å²) in [5.74, 6) is 0.570. The molecular weight excluding hydrogens is 392 g/mol. The van der Waals surface area contributed by atoms with E-state index in [1.165, 1.54) is 5.56 Å². The number of hydrogen-bond acceptors (Lipinski definition) is 4. The van der Waals surface area contributed by atoms with E-state index in [0.717, 1.165) is 46.8 Å². The molecule has 0 saturated carbocycles. The van der Waals surface area contributed by atoms with Crippen molar-refractivity contribution in [3.63, 3.8) is 0 Å². The Morgan fingerprint density at radius 2 is 2.00 bits per heavy atom. The average molecular weight is 421 g/mol. The van der Waals surface area contributed by atoms with Gasteiger partial charge in [-0.25, -0.2) is 4.98 Å². The molecule has 1 unspecified atom stereocenters. The number of carbonyl (C=O) groups excluding carboxylic acids is 1. The number of fused-ring (bicyclic) bond motifs is 1. The molecule has 4 nitrogen and oxygen atoms in total. The number of thiazole rings is 1. The molecule has 0 bridgehead atoms. The van der Waals surface area contributed by atoms with E-state index in [1.54, 1.807) is 17.4 Å². The Morgan fingerprint density at radius 1 is 1.23 bits per heavy atom. The van der Waals surface area contributed by atoms with Gasteiger partial charge in [0, 0.05) is 11.1 Å². The minimum absolute atomic E-state index is 0.0736. The molecule has 1 aromatic heterocycles. The lowest BCUT2D eigenvalue weighted by Crippen LogP contribution is -2.36. The van der Waals surface area contributed by atoms with Gasteiger partial charge in [-0.15, -0.1) is 11.3 Å². The molecule has 30 heavy (non-hydrogen) atoms. The molecule has 0 saturated heterocycles. The van der Waals surface area contributed by atoms with Gasteiger partial charge in [0.1, 0.15) is 5.75 Å². The van der Waals surface area contributed by atoms with E-state index >= 15 is 0 Å². The number of carbonyl (C=O) groups is 1. The summed E-state index contributed by atoms with van der Waals surface area (Å²) in [4.78, 5) is 20.3. The van der Waals surface area contributed by atoms with E-state index in [0.29, 0.717) is 18.2 Å². The first kappa shape index (κ1) is 20.6. The van der Waals surface area contributed by atoms with Gasteiger partial charge in [-0.3, -0.25) is 4.79 Å². The average Bonchev–Trinajstić information content (AvgIpc) is 3.16. The lowest BCUT2D eigenvalue weighted by molar-refractivity contribution is -0.120. The lowest BCUT2D eigenvalue weighted by atomic mass is 9.81. The molecule has 1 aliphatic rings. The van der Waals surface area contributed by atoms with Gasteiger partial charge in [-0.1, -0.05) is 38.1 Å². The van der Waals surface area contributed by atoms with Crippen LogP contribution in [0.25, 0.3) is 0 Å².